The fraction of sp³-hybridized carbons (Fsp3) is 0.270. The molecule has 1 heterocycles. The summed E-state index contributed by atoms with van der Waals surface area (Å²) in [6.45, 7) is 26.6. The monoisotopic (exact) mass is 973 g/mol. The van der Waals surface area contributed by atoms with Crippen LogP contribution in [0.15, 0.2) is 162 Å². The van der Waals surface area contributed by atoms with Crippen molar-refractivity contribution in [2.75, 3.05) is 0 Å². The normalized spacial score (nSPS) is 16.2. The topological polar surface area (TPSA) is 13.1 Å². The highest BCUT2D eigenvalue weighted by Gasteiger charge is 2.49. The van der Waals surface area contributed by atoms with Crippen LogP contribution < -0.4 is 0 Å². The molecule has 14 rings (SSSR count). The summed E-state index contributed by atoms with van der Waals surface area (Å²) in [4.78, 5) is 0. The second kappa shape index (κ2) is 15.9. The van der Waals surface area contributed by atoms with Crippen LogP contribution in [0.4, 0.5) is 0 Å². The Hall–Kier alpha value is -7.22. The van der Waals surface area contributed by atoms with Gasteiger partial charge in [0.15, 0.2) is 0 Å². The Labute approximate surface area is 444 Å². The molecule has 1 nitrogen and oxygen atoms in total. The van der Waals surface area contributed by atoms with Gasteiger partial charge in [0, 0.05) is 32.6 Å². The van der Waals surface area contributed by atoms with E-state index in [1.807, 2.05) is 0 Å². The molecule has 0 fully saturated rings. The minimum absolute atomic E-state index is 0.0161. The van der Waals surface area contributed by atoms with Crippen molar-refractivity contribution < 1.29 is 4.42 Å². The van der Waals surface area contributed by atoms with E-state index in [0.717, 1.165) is 36.8 Å². The van der Waals surface area contributed by atoms with Crippen LogP contribution in [0.2, 0.25) is 0 Å². The Morgan fingerprint density at radius 2 is 1.04 bits per heavy atom. The molecule has 0 amide bonds. The van der Waals surface area contributed by atoms with Gasteiger partial charge in [0.25, 0.3) is 0 Å². The first-order valence-electron chi connectivity index (χ1n) is 27.8. The summed E-state index contributed by atoms with van der Waals surface area (Å²) >= 11 is 0. The van der Waals surface area contributed by atoms with E-state index >= 15 is 0 Å². The van der Waals surface area contributed by atoms with Crippen LogP contribution >= 0.6 is 0 Å². The molecule has 0 saturated heterocycles. The summed E-state index contributed by atoms with van der Waals surface area (Å²) in [5.74, 6) is 0.281. The average Bonchev–Trinajstić information content (AvgIpc) is 4.03. The first kappa shape index (κ1) is 46.3. The highest BCUT2D eigenvalue weighted by atomic mass is 16.3. The maximum Gasteiger partial charge on any atom is 0.144 e. The third-order valence-electron chi connectivity index (χ3n) is 19.0. The van der Waals surface area contributed by atoms with Gasteiger partial charge in [0.2, 0.25) is 0 Å². The number of aryl methyl sites for hydroxylation is 3. The highest BCUT2D eigenvalue weighted by Crippen LogP contribution is 2.64. The molecule has 1 atom stereocenters. The summed E-state index contributed by atoms with van der Waals surface area (Å²) < 4.78 is 6.99. The van der Waals surface area contributed by atoms with Crippen molar-refractivity contribution in [3.05, 3.63) is 236 Å². The van der Waals surface area contributed by atoms with Gasteiger partial charge in [-0.3, -0.25) is 0 Å². The molecule has 10 aromatic rings. The summed E-state index contributed by atoms with van der Waals surface area (Å²) in [7, 11) is 0. The molecule has 0 aliphatic heterocycles. The third kappa shape index (κ3) is 6.49. The van der Waals surface area contributed by atoms with Gasteiger partial charge < -0.3 is 4.42 Å². The van der Waals surface area contributed by atoms with Crippen LogP contribution in [-0.2, 0) is 47.3 Å². The molecule has 0 saturated carbocycles. The Balaban J connectivity index is 0.894. The molecule has 1 aromatic heterocycles. The molecule has 4 aliphatic rings. The molecule has 370 valence electrons. The van der Waals surface area contributed by atoms with Crippen LogP contribution in [-0.4, -0.2) is 0 Å². The summed E-state index contributed by atoms with van der Waals surface area (Å²) in [6, 6.07) is 60.9. The number of benzene rings is 9. The van der Waals surface area contributed by atoms with Gasteiger partial charge in [-0.2, -0.15) is 0 Å². The largest absolute Gasteiger partial charge is 0.455 e. The number of hydrogen-bond acceptors (Lipinski definition) is 1. The second-order valence-corrected chi connectivity index (χ2v) is 25.5. The van der Waals surface area contributed by atoms with E-state index < -0.39 is 0 Å². The maximum absolute atomic E-state index is 6.99. The fourth-order valence-corrected chi connectivity index (χ4v) is 15.5. The molecule has 0 radical (unpaired) electrons. The van der Waals surface area contributed by atoms with Gasteiger partial charge in [-0.25, -0.2) is 0 Å². The van der Waals surface area contributed by atoms with Gasteiger partial charge in [-0.1, -0.05) is 208 Å². The zero-order valence-corrected chi connectivity index (χ0v) is 45.8. The van der Waals surface area contributed by atoms with Crippen molar-refractivity contribution in [1.29, 1.82) is 0 Å². The zero-order chi connectivity index (χ0) is 51.7. The molecule has 0 bridgehead atoms. The lowest BCUT2D eigenvalue weighted by atomic mass is 9.72. The molecule has 1 unspecified atom stereocenters. The third-order valence-corrected chi connectivity index (χ3v) is 19.0. The maximum atomic E-state index is 6.99. The van der Waals surface area contributed by atoms with Gasteiger partial charge >= 0.3 is 0 Å². The Bertz CT molecular complexity index is 4080. The van der Waals surface area contributed by atoms with Crippen LogP contribution in [0.3, 0.4) is 0 Å². The first-order valence-corrected chi connectivity index (χ1v) is 27.8. The SMILES string of the molecule is Cc1cccc(C)c1C(Cc1ccc2c(c1)C(C)(C)c1cc(-c3ccccc3C(C)(C)C)c3c(c1-2)-c1ccccc1CC3)Cc1ccc2c(c1)C(C)(C)c1c3c(c4oc5ccccc5c4c1-2)-c1ccccc1C3(C)C. The lowest BCUT2D eigenvalue weighted by Gasteiger charge is -2.31. The van der Waals surface area contributed by atoms with E-state index in [9.17, 15) is 0 Å². The van der Waals surface area contributed by atoms with Crippen LogP contribution in [0.25, 0.3) is 77.6 Å². The number of para-hydroxylation sites is 1. The van der Waals surface area contributed by atoms with Crippen molar-refractivity contribution in [1.82, 2.24) is 0 Å². The van der Waals surface area contributed by atoms with Crippen LogP contribution in [0.5, 0.6) is 0 Å². The molecular formula is C74H68O. The minimum Gasteiger partial charge on any atom is -0.455 e. The molecule has 0 spiro atoms. The van der Waals surface area contributed by atoms with Gasteiger partial charge in [-0.15, -0.1) is 0 Å². The quantitative estimate of drug-likeness (QED) is 0.162. The molecule has 0 N–H and O–H groups in total. The first-order chi connectivity index (χ1) is 35.9. The van der Waals surface area contributed by atoms with Crippen molar-refractivity contribution in [2.24, 2.45) is 0 Å². The summed E-state index contributed by atoms with van der Waals surface area (Å²) in [5, 5.41) is 2.46. The predicted molar refractivity (Wildman–Crippen MR) is 316 cm³/mol. The summed E-state index contributed by atoms with van der Waals surface area (Å²) in [6.07, 6.45) is 4.02. The van der Waals surface area contributed by atoms with Gasteiger partial charge in [-0.05, 0) is 191 Å². The van der Waals surface area contributed by atoms with Crippen molar-refractivity contribution >= 4 is 21.9 Å². The van der Waals surface area contributed by atoms with E-state index in [0.29, 0.717) is 0 Å². The standard InChI is InChI=1S/C74H68O/c1-42-21-20-22-43(2)62(42)47(38-45-32-35-53-59(40-45)74(10,11)68-65(53)66-54-27-16-19-30-61(54)75-70(66)67-51-26-15-18-29-57(51)73(8,9)69(67)68)37-44-31-34-52-58(39-44)72(6,7)60-41-55(49-25-14-17-28-56(49)71(3,4)5)50-36-33-46-23-12-13-24-48(46)63(50)64(52)60/h12-32,34-35,39-41,47H,33,36-38H2,1-11H3. The molecule has 75 heavy (non-hydrogen) atoms. The van der Waals surface area contributed by atoms with Crippen LogP contribution in [0, 0.1) is 13.8 Å². The molecule has 1 heteroatoms. The lowest BCUT2D eigenvalue weighted by Crippen LogP contribution is -2.24. The van der Waals surface area contributed by atoms with Gasteiger partial charge in [0.1, 0.15) is 11.2 Å². The highest BCUT2D eigenvalue weighted by molar-refractivity contribution is 6.20. The number of rotatable bonds is 6. The predicted octanol–water partition coefficient (Wildman–Crippen LogP) is 19.4. The minimum atomic E-state index is -0.236. The fourth-order valence-electron chi connectivity index (χ4n) is 15.5. The Kier molecular flexibility index (Phi) is 9.82. The van der Waals surface area contributed by atoms with Crippen molar-refractivity contribution in [3.8, 4) is 55.6 Å². The van der Waals surface area contributed by atoms with E-state index in [1.165, 1.54) is 144 Å². The number of fused-ring (bicyclic) bond motifs is 19. The van der Waals surface area contributed by atoms with E-state index in [1.54, 1.807) is 0 Å². The summed E-state index contributed by atoms with van der Waals surface area (Å²) in [5.41, 5.74) is 35.3. The Morgan fingerprint density at radius 1 is 0.467 bits per heavy atom. The molecule has 9 aromatic carbocycles. The zero-order valence-electron chi connectivity index (χ0n) is 45.8. The van der Waals surface area contributed by atoms with Gasteiger partial charge in [0.05, 0.1) is 0 Å². The van der Waals surface area contributed by atoms with E-state index in [2.05, 4.69) is 234 Å². The second-order valence-electron chi connectivity index (χ2n) is 25.5. The lowest BCUT2D eigenvalue weighted by molar-refractivity contribution is 0.592. The van der Waals surface area contributed by atoms with Crippen LogP contribution in [0.1, 0.15) is 146 Å². The van der Waals surface area contributed by atoms with E-state index in [-0.39, 0.29) is 27.6 Å². The number of hydrogen-bond donors (Lipinski definition) is 0. The Morgan fingerprint density at radius 3 is 1.76 bits per heavy atom. The number of furan rings is 1. The smallest absolute Gasteiger partial charge is 0.144 e. The molecule has 4 aliphatic carbocycles. The van der Waals surface area contributed by atoms with Crippen molar-refractivity contribution in [2.45, 2.75) is 129 Å². The van der Waals surface area contributed by atoms with Crippen molar-refractivity contribution in [3.63, 3.8) is 0 Å². The van der Waals surface area contributed by atoms with E-state index in [4.69, 9.17) is 4.42 Å². The average molecular weight is 973 g/mol. The molecular weight excluding hydrogens is 905 g/mol.